The summed E-state index contributed by atoms with van der Waals surface area (Å²) in [6.07, 6.45) is 1.57. The van der Waals surface area contributed by atoms with Crippen molar-refractivity contribution in [2.24, 2.45) is 5.92 Å². The SMILES string of the molecule is C=C(C(c1ccccc1)c1ccccc1)N1CCN(c2ccc3c(NS(=O)(=O)c4ccc(C[C@H](CCN5CCOCC5)CSc5ccccc5)c([NH+]=O)c4)noc3c2)CC1.O. The number of fused-ring (bicyclic) bond motifs is 1. The molecule has 0 radical (unpaired) electrons. The van der Waals surface area contributed by atoms with Gasteiger partial charge in [-0.1, -0.05) is 96.7 Å². The van der Waals surface area contributed by atoms with Crippen LogP contribution in [-0.4, -0.2) is 93.6 Å². The van der Waals surface area contributed by atoms with E-state index in [9.17, 15) is 13.3 Å². The lowest BCUT2D eigenvalue weighted by atomic mass is 9.88. The molecule has 1 atom stereocenters. The summed E-state index contributed by atoms with van der Waals surface area (Å²) in [4.78, 5) is 20.6. The minimum atomic E-state index is -4.11. The number of nitrogens with one attached hydrogen (secondary N) is 2. The second-order valence-corrected chi connectivity index (χ2v) is 18.2. The van der Waals surface area contributed by atoms with E-state index < -0.39 is 10.0 Å². The molecular weight excluding hydrogens is 809 g/mol. The summed E-state index contributed by atoms with van der Waals surface area (Å²) >= 11 is 1.80. The maximum atomic E-state index is 13.7. The van der Waals surface area contributed by atoms with Crippen molar-refractivity contribution < 1.29 is 28.3 Å². The Morgan fingerprint density at radius 3 is 2.13 bits per heavy atom. The molecule has 0 bridgehead atoms. The van der Waals surface area contributed by atoms with E-state index in [4.69, 9.17) is 9.26 Å². The number of thioether (sulfide) groups is 1. The van der Waals surface area contributed by atoms with Gasteiger partial charge in [0.2, 0.25) is 0 Å². The molecule has 8 rings (SSSR count). The van der Waals surface area contributed by atoms with E-state index in [0.717, 1.165) is 88.1 Å². The molecule has 6 aromatic rings. The third kappa shape index (κ3) is 10.7. The number of allylic oxidation sites excluding steroid dienone is 1. The number of nitroso groups, excluding NO2 is 1. The molecule has 0 amide bonds. The first kappa shape index (κ1) is 43.6. The zero-order valence-corrected chi connectivity index (χ0v) is 35.8. The molecule has 0 unspecified atom stereocenters. The summed E-state index contributed by atoms with van der Waals surface area (Å²) < 4.78 is 41.3. The van der Waals surface area contributed by atoms with Crippen molar-refractivity contribution in [3.8, 4) is 0 Å². The number of aromatic nitrogens is 1. The molecule has 318 valence electrons. The van der Waals surface area contributed by atoms with Gasteiger partial charge in [-0.3, -0.25) is 9.62 Å². The summed E-state index contributed by atoms with van der Waals surface area (Å²) in [5.41, 5.74) is 5.96. The fourth-order valence-electron chi connectivity index (χ4n) is 8.16. The molecule has 14 heteroatoms. The van der Waals surface area contributed by atoms with E-state index in [0.29, 0.717) is 17.4 Å². The summed E-state index contributed by atoms with van der Waals surface area (Å²) in [5, 5.41) is 6.68. The first-order valence-electron chi connectivity index (χ1n) is 20.5. The van der Waals surface area contributed by atoms with Gasteiger partial charge in [0, 0.05) is 95.0 Å². The zero-order chi connectivity index (χ0) is 41.3. The van der Waals surface area contributed by atoms with Crippen LogP contribution in [-0.2, 0) is 21.2 Å². The van der Waals surface area contributed by atoms with E-state index >= 15 is 0 Å². The van der Waals surface area contributed by atoms with Gasteiger partial charge >= 0.3 is 0 Å². The van der Waals surface area contributed by atoms with Crippen LogP contribution in [0, 0.1) is 10.8 Å². The van der Waals surface area contributed by atoms with Crippen LogP contribution in [0.4, 0.5) is 17.2 Å². The molecule has 0 spiro atoms. The lowest BCUT2D eigenvalue weighted by Gasteiger charge is -2.40. The molecule has 12 nitrogen and oxygen atoms in total. The van der Waals surface area contributed by atoms with Gasteiger partial charge in [-0.25, -0.2) is 8.42 Å². The lowest BCUT2D eigenvalue weighted by Crippen LogP contribution is -2.56. The van der Waals surface area contributed by atoms with Gasteiger partial charge in [0.25, 0.3) is 15.7 Å². The van der Waals surface area contributed by atoms with Crippen LogP contribution >= 0.6 is 11.8 Å². The van der Waals surface area contributed by atoms with Crippen molar-refractivity contribution in [1.82, 2.24) is 15.0 Å². The molecule has 0 saturated carbocycles. The number of hydrogen-bond donors (Lipinski definition) is 2. The Kier molecular flexibility index (Phi) is 14.5. The number of rotatable bonds is 17. The van der Waals surface area contributed by atoms with Gasteiger partial charge in [-0.05, 0) is 66.8 Å². The van der Waals surface area contributed by atoms with Gasteiger partial charge < -0.3 is 24.5 Å². The normalized spacial score (nSPS) is 15.4. The molecule has 4 N–H and O–H groups in total. The minimum Gasteiger partial charge on any atom is -0.412 e. The highest BCUT2D eigenvalue weighted by atomic mass is 32.2. The number of nitrogens with zero attached hydrogens (tertiary/aromatic N) is 4. The minimum absolute atomic E-state index is 0. The van der Waals surface area contributed by atoms with E-state index in [2.05, 4.69) is 91.8 Å². The van der Waals surface area contributed by atoms with Gasteiger partial charge in [0.15, 0.2) is 11.4 Å². The number of ether oxygens (including phenoxy) is 1. The van der Waals surface area contributed by atoms with Crippen LogP contribution in [0.15, 0.2) is 154 Å². The number of morpholine rings is 1. The Bertz CT molecular complexity index is 2440. The molecule has 2 aliphatic rings. The van der Waals surface area contributed by atoms with E-state index in [1.165, 1.54) is 22.1 Å². The number of benzene rings is 5. The predicted octanol–water partition coefficient (Wildman–Crippen LogP) is 6.42. The largest absolute Gasteiger partial charge is 0.412 e. The van der Waals surface area contributed by atoms with Crippen LogP contribution in [0.5, 0.6) is 0 Å². The highest BCUT2D eigenvalue weighted by Crippen LogP contribution is 2.35. The molecule has 2 aliphatic heterocycles. The fourth-order valence-corrected chi connectivity index (χ4v) is 10.3. The van der Waals surface area contributed by atoms with Crippen LogP contribution in [0.3, 0.4) is 0 Å². The number of anilines is 2. The van der Waals surface area contributed by atoms with Crippen LogP contribution in [0.1, 0.15) is 29.0 Å². The van der Waals surface area contributed by atoms with Crippen LogP contribution < -0.4 is 14.8 Å². The Balaban J connectivity index is 0.00000561. The first-order valence-corrected chi connectivity index (χ1v) is 23.0. The first-order chi connectivity index (χ1) is 29.3. The molecule has 3 heterocycles. The molecule has 0 aliphatic carbocycles. The molecule has 2 saturated heterocycles. The Hall–Kier alpha value is -5.51. The third-order valence-corrected chi connectivity index (χ3v) is 14.1. The van der Waals surface area contributed by atoms with Gasteiger partial charge in [-0.2, -0.15) is 0 Å². The smallest absolute Gasteiger partial charge is 0.263 e. The van der Waals surface area contributed by atoms with Crippen molar-refractivity contribution in [3.05, 3.63) is 161 Å². The molecule has 2 fully saturated rings. The lowest BCUT2D eigenvalue weighted by molar-refractivity contribution is -0.380. The van der Waals surface area contributed by atoms with Gasteiger partial charge in [-0.15, -0.1) is 11.8 Å². The van der Waals surface area contributed by atoms with Crippen molar-refractivity contribution in [1.29, 1.82) is 0 Å². The maximum Gasteiger partial charge on any atom is 0.263 e. The van der Waals surface area contributed by atoms with Gasteiger partial charge in [0.05, 0.1) is 23.5 Å². The van der Waals surface area contributed by atoms with Gasteiger partial charge in [0.1, 0.15) is 0 Å². The fraction of sp³-hybridized carbons (Fsp3) is 0.298. The maximum absolute atomic E-state index is 13.7. The monoisotopic (exact) mass is 861 g/mol. The highest BCUT2D eigenvalue weighted by Gasteiger charge is 2.27. The Labute approximate surface area is 361 Å². The van der Waals surface area contributed by atoms with Crippen LogP contribution in [0.25, 0.3) is 11.0 Å². The number of sulfonamides is 1. The highest BCUT2D eigenvalue weighted by molar-refractivity contribution is 7.99. The number of hydrogen-bond acceptors (Lipinski definition) is 10. The molecule has 5 aromatic carbocycles. The quantitative estimate of drug-likeness (QED) is 0.0983. The summed E-state index contributed by atoms with van der Waals surface area (Å²) in [6.45, 7) is 12.0. The Morgan fingerprint density at radius 1 is 0.820 bits per heavy atom. The third-order valence-electron chi connectivity index (χ3n) is 11.5. The second-order valence-electron chi connectivity index (χ2n) is 15.4. The Morgan fingerprint density at radius 2 is 1.48 bits per heavy atom. The van der Waals surface area contributed by atoms with E-state index in [1.54, 1.807) is 23.9 Å². The molecule has 61 heavy (non-hydrogen) atoms. The van der Waals surface area contributed by atoms with E-state index in [1.807, 2.05) is 53.7 Å². The van der Waals surface area contributed by atoms with E-state index in [-0.39, 0.29) is 33.7 Å². The molecule has 1 aromatic heterocycles. The van der Waals surface area contributed by atoms with Crippen molar-refractivity contribution in [2.45, 2.75) is 28.6 Å². The molecular formula is C47H53N6O6S2+. The number of piperazine rings is 1. The predicted molar refractivity (Wildman–Crippen MR) is 243 cm³/mol. The second kappa shape index (κ2) is 20.4. The average Bonchev–Trinajstić information content (AvgIpc) is 3.69. The summed E-state index contributed by atoms with van der Waals surface area (Å²) in [6, 6.07) is 41.7. The van der Waals surface area contributed by atoms with Crippen molar-refractivity contribution >= 4 is 49.9 Å². The van der Waals surface area contributed by atoms with Crippen molar-refractivity contribution in [3.63, 3.8) is 0 Å². The van der Waals surface area contributed by atoms with Crippen LogP contribution in [0.2, 0.25) is 0 Å². The van der Waals surface area contributed by atoms with Crippen molar-refractivity contribution in [2.75, 3.05) is 74.4 Å². The summed E-state index contributed by atoms with van der Waals surface area (Å²) in [5.74, 6) is 1.27. The topological polar surface area (TPSA) is 154 Å². The average molecular weight is 862 g/mol. The zero-order valence-electron chi connectivity index (χ0n) is 34.1. The summed E-state index contributed by atoms with van der Waals surface area (Å²) in [7, 11) is -4.11. The standard InChI is InChI=1S/C47H50N6O5S2.H2O/c1-35(46(37-11-5-2-6-12-37)38-13-7-3-8-14-38)52-23-25-53(26-24-52)40-18-20-43-45(32-40)58-49-47(43)50-60(55,56)42-19-17-39(44(33-42)48-54)31-36(21-22-51-27-29-57-30-28-51)34-59-41-15-9-4-10-16-41;/h2-20,32-33,36,46H,1,21-31,34H2,(H,49,50);1H2/p+1/t36-;/m0./s1.